The Balaban J connectivity index is 1.58. The molecule has 1 unspecified atom stereocenters. The number of nitrogens with one attached hydrogen (secondary N) is 1. The molecule has 23 heavy (non-hydrogen) atoms. The van der Waals surface area contributed by atoms with Gasteiger partial charge in [0.25, 0.3) is 5.56 Å². The number of nitrogens with zero attached hydrogens (tertiary/aromatic N) is 2. The fourth-order valence-electron chi connectivity index (χ4n) is 3.50. The van der Waals surface area contributed by atoms with Gasteiger partial charge >= 0.3 is 0 Å². The van der Waals surface area contributed by atoms with Gasteiger partial charge in [-0.15, -0.1) is 0 Å². The number of hydrogen-bond donors (Lipinski definition) is 1. The Hall–Kier alpha value is -2.17. The summed E-state index contributed by atoms with van der Waals surface area (Å²) in [5, 5.41) is 3.51. The summed E-state index contributed by atoms with van der Waals surface area (Å²) >= 11 is 0. The Morgan fingerprint density at radius 2 is 2.26 bits per heavy atom. The van der Waals surface area contributed by atoms with E-state index in [1.165, 1.54) is 12.8 Å². The first kappa shape index (κ1) is 14.4. The summed E-state index contributed by atoms with van der Waals surface area (Å²) in [5.41, 5.74) is 1.40. The minimum atomic E-state index is 0.00458. The van der Waals surface area contributed by atoms with Crippen LogP contribution in [0.15, 0.2) is 23.0 Å². The van der Waals surface area contributed by atoms with Crippen molar-refractivity contribution in [2.24, 2.45) is 11.8 Å². The van der Waals surface area contributed by atoms with Crippen LogP contribution in [-0.2, 0) is 17.8 Å². The molecule has 1 N–H and O–H groups in total. The number of fused-ring (bicyclic) bond motifs is 2. The second-order valence-corrected chi connectivity index (χ2v) is 6.89. The minimum Gasteiger partial charge on any atom is -0.326 e. The normalized spacial score (nSPS) is 18.0. The van der Waals surface area contributed by atoms with Crippen molar-refractivity contribution in [3.8, 4) is 0 Å². The molecule has 1 saturated carbocycles. The average molecular weight is 311 g/mol. The van der Waals surface area contributed by atoms with Gasteiger partial charge < -0.3 is 5.32 Å². The maximum absolute atomic E-state index is 12.5. The highest BCUT2D eigenvalue weighted by Gasteiger charge is 2.29. The topological polar surface area (TPSA) is 64.0 Å². The third-order valence-electron chi connectivity index (χ3n) is 5.03. The zero-order chi connectivity index (χ0) is 16.0. The van der Waals surface area contributed by atoms with Gasteiger partial charge in [-0.2, -0.15) is 0 Å². The summed E-state index contributed by atoms with van der Waals surface area (Å²) in [4.78, 5) is 29.3. The zero-order valence-electron chi connectivity index (χ0n) is 13.3. The van der Waals surface area contributed by atoms with E-state index in [-0.39, 0.29) is 11.5 Å². The van der Waals surface area contributed by atoms with E-state index in [2.05, 4.69) is 17.2 Å². The number of aromatic nitrogens is 2. The lowest BCUT2D eigenvalue weighted by molar-refractivity contribution is -0.117. The van der Waals surface area contributed by atoms with Crippen molar-refractivity contribution in [2.45, 2.75) is 45.6 Å². The van der Waals surface area contributed by atoms with Crippen molar-refractivity contribution in [3.63, 3.8) is 0 Å². The molecule has 1 aromatic carbocycles. The smallest absolute Gasteiger partial charge is 0.261 e. The maximum Gasteiger partial charge on any atom is 0.261 e. The van der Waals surface area contributed by atoms with Crippen molar-refractivity contribution in [1.29, 1.82) is 0 Å². The van der Waals surface area contributed by atoms with Crippen LogP contribution in [0.4, 0.5) is 5.69 Å². The standard InChI is InChI=1S/C18H21N3O2/c1-11(12-4-5-12)9-17(22)19-13-6-7-15-14(10-13)18(23)21-8-2-3-16(21)20-15/h6-7,10-12H,2-5,8-9H2,1H3,(H,19,22). The molecule has 1 aliphatic heterocycles. The van der Waals surface area contributed by atoms with E-state index < -0.39 is 0 Å². The Labute approximate surface area is 134 Å². The van der Waals surface area contributed by atoms with Gasteiger partial charge in [-0.1, -0.05) is 6.92 Å². The van der Waals surface area contributed by atoms with Gasteiger partial charge in [0.1, 0.15) is 5.82 Å². The summed E-state index contributed by atoms with van der Waals surface area (Å²) < 4.78 is 1.75. The van der Waals surface area contributed by atoms with E-state index in [9.17, 15) is 9.59 Å². The molecule has 1 amide bonds. The average Bonchev–Trinajstić information content (AvgIpc) is 3.27. The summed E-state index contributed by atoms with van der Waals surface area (Å²) in [6, 6.07) is 5.42. The van der Waals surface area contributed by atoms with Crippen LogP contribution in [0.1, 0.15) is 38.4 Å². The number of carbonyl (C=O) groups excluding carboxylic acids is 1. The summed E-state index contributed by atoms with van der Waals surface area (Å²) in [6.07, 6.45) is 4.88. The highest BCUT2D eigenvalue weighted by Crippen LogP contribution is 2.38. The predicted octanol–water partition coefficient (Wildman–Crippen LogP) is 2.72. The van der Waals surface area contributed by atoms with E-state index in [1.807, 2.05) is 12.1 Å². The lowest BCUT2D eigenvalue weighted by Gasteiger charge is -2.11. The molecule has 2 aromatic rings. The lowest BCUT2D eigenvalue weighted by Crippen LogP contribution is -2.21. The van der Waals surface area contributed by atoms with Gasteiger partial charge in [0.05, 0.1) is 10.9 Å². The van der Waals surface area contributed by atoms with Crippen molar-refractivity contribution in [1.82, 2.24) is 9.55 Å². The number of amides is 1. The van der Waals surface area contributed by atoms with Crippen LogP contribution in [0.25, 0.3) is 10.9 Å². The monoisotopic (exact) mass is 311 g/mol. The molecule has 5 nitrogen and oxygen atoms in total. The SMILES string of the molecule is CC(CC(=O)Nc1ccc2nc3n(c(=O)c2c1)CCC3)C1CC1. The quantitative estimate of drug-likeness (QED) is 0.944. The second kappa shape index (κ2) is 5.48. The molecule has 1 atom stereocenters. The Morgan fingerprint density at radius 1 is 1.43 bits per heavy atom. The molecule has 0 radical (unpaired) electrons. The molecular weight excluding hydrogens is 290 g/mol. The van der Waals surface area contributed by atoms with Gasteiger partial charge in [-0.05, 0) is 49.3 Å². The summed E-state index contributed by atoms with van der Waals surface area (Å²) in [6.45, 7) is 2.88. The molecular formula is C18H21N3O2. The van der Waals surface area contributed by atoms with E-state index in [4.69, 9.17) is 0 Å². The largest absolute Gasteiger partial charge is 0.326 e. The molecule has 5 heteroatoms. The predicted molar refractivity (Wildman–Crippen MR) is 89.5 cm³/mol. The molecule has 0 bridgehead atoms. The number of hydrogen-bond acceptors (Lipinski definition) is 3. The lowest BCUT2D eigenvalue weighted by atomic mass is 10.0. The molecule has 2 heterocycles. The van der Waals surface area contributed by atoms with Gasteiger partial charge in [0.2, 0.25) is 5.91 Å². The third-order valence-corrected chi connectivity index (χ3v) is 5.03. The van der Waals surface area contributed by atoms with Crippen molar-refractivity contribution in [3.05, 3.63) is 34.4 Å². The third kappa shape index (κ3) is 2.76. The first-order chi connectivity index (χ1) is 11.1. The van der Waals surface area contributed by atoms with Crippen LogP contribution in [0, 0.1) is 11.8 Å². The second-order valence-electron chi connectivity index (χ2n) is 6.89. The van der Waals surface area contributed by atoms with Crippen LogP contribution in [0.5, 0.6) is 0 Å². The molecule has 0 saturated heterocycles. The van der Waals surface area contributed by atoms with Gasteiger partial charge in [-0.25, -0.2) is 4.98 Å². The van der Waals surface area contributed by atoms with E-state index >= 15 is 0 Å². The number of rotatable bonds is 4. The van der Waals surface area contributed by atoms with E-state index in [1.54, 1.807) is 10.6 Å². The van der Waals surface area contributed by atoms with Crippen LogP contribution in [-0.4, -0.2) is 15.5 Å². The zero-order valence-corrected chi connectivity index (χ0v) is 13.3. The molecule has 1 aliphatic carbocycles. The fraction of sp³-hybridized carbons (Fsp3) is 0.500. The van der Waals surface area contributed by atoms with Crippen molar-refractivity contribution in [2.75, 3.05) is 5.32 Å². The van der Waals surface area contributed by atoms with Crippen molar-refractivity contribution < 1.29 is 4.79 Å². The highest BCUT2D eigenvalue weighted by atomic mass is 16.1. The first-order valence-corrected chi connectivity index (χ1v) is 8.45. The Kier molecular flexibility index (Phi) is 3.43. The number of anilines is 1. The van der Waals surface area contributed by atoms with Crippen LogP contribution in [0.3, 0.4) is 0 Å². The van der Waals surface area contributed by atoms with Gasteiger partial charge in [0, 0.05) is 25.1 Å². The minimum absolute atomic E-state index is 0.00458. The number of aryl methyl sites for hydroxylation is 1. The van der Waals surface area contributed by atoms with Crippen molar-refractivity contribution >= 4 is 22.5 Å². The molecule has 4 rings (SSSR count). The van der Waals surface area contributed by atoms with Crippen LogP contribution < -0.4 is 10.9 Å². The first-order valence-electron chi connectivity index (χ1n) is 8.45. The number of benzene rings is 1. The van der Waals surface area contributed by atoms with E-state index in [0.717, 1.165) is 25.2 Å². The highest BCUT2D eigenvalue weighted by molar-refractivity contribution is 5.93. The summed E-state index contributed by atoms with van der Waals surface area (Å²) in [5.74, 6) is 2.05. The maximum atomic E-state index is 12.5. The Bertz CT molecular complexity index is 836. The fourth-order valence-corrected chi connectivity index (χ4v) is 3.50. The summed E-state index contributed by atoms with van der Waals surface area (Å²) in [7, 11) is 0. The molecule has 2 aliphatic rings. The van der Waals surface area contributed by atoms with Gasteiger partial charge in [-0.3, -0.25) is 14.2 Å². The van der Waals surface area contributed by atoms with Gasteiger partial charge in [0.15, 0.2) is 0 Å². The molecule has 0 spiro atoms. The molecule has 120 valence electrons. The number of carbonyl (C=O) groups is 1. The molecule has 1 aromatic heterocycles. The molecule has 1 fully saturated rings. The van der Waals surface area contributed by atoms with E-state index in [0.29, 0.717) is 34.8 Å². The Morgan fingerprint density at radius 3 is 3.04 bits per heavy atom. The van der Waals surface area contributed by atoms with Crippen LogP contribution in [0.2, 0.25) is 0 Å². The van der Waals surface area contributed by atoms with Crippen LogP contribution >= 0.6 is 0 Å².